The number of aryl methyl sites for hydroxylation is 1. The number of nitrogens with zero attached hydrogens (tertiary/aromatic N) is 3. The SMILES string of the molecule is COc1ccc([C@H]2C(C(=O)Nc3ccc(I)cc3)=C(C)Nc3nc(CCCO)nn32)c(OC)c1. The molecule has 2 aromatic carbocycles. The van der Waals surface area contributed by atoms with Crippen molar-refractivity contribution >= 4 is 40.1 Å². The fourth-order valence-corrected chi connectivity index (χ4v) is 4.26. The van der Waals surface area contributed by atoms with Gasteiger partial charge in [-0.2, -0.15) is 10.1 Å². The highest BCUT2D eigenvalue weighted by atomic mass is 127. The lowest BCUT2D eigenvalue weighted by Gasteiger charge is -2.29. The highest BCUT2D eigenvalue weighted by molar-refractivity contribution is 14.1. The molecule has 1 aliphatic heterocycles. The first-order chi connectivity index (χ1) is 16.4. The predicted molar refractivity (Wildman–Crippen MR) is 137 cm³/mol. The number of amides is 1. The first-order valence-electron chi connectivity index (χ1n) is 10.8. The van der Waals surface area contributed by atoms with Gasteiger partial charge in [0, 0.05) is 39.6 Å². The fraction of sp³-hybridized carbons (Fsp3) is 0.292. The molecule has 2 heterocycles. The van der Waals surface area contributed by atoms with Gasteiger partial charge in [-0.3, -0.25) is 4.79 Å². The number of ether oxygens (including phenoxy) is 2. The maximum absolute atomic E-state index is 13.6. The van der Waals surface area contributed by atoms with Crippen molar-refractivity contribution in [1.29, 1.82) is 0 Å². The maximum Gasteiger partial charge on any atom is 0.255 e. The minimum absolute atomic E-state index is 0.0496. The van der Waals surface area contributed by atoms with E-state index < -0.39 is 6.04 Å². The quantitative estimate of drug-likeness (QED) is 0.351. The molecule has 3 aromatic rings. The Morgan fingerprint density at radius 2 is 1.97 bits per heavy atom. The summed E-state index contributed by atoms with van der Waals surface area (Å²) in [4.78, 5) is 18.2. The molecule has 178 valence electrons. The van der Waals surface area contributed by atoms with Gasteiger partial charge in [-0.05, 0) is 72.3 Å². The Morgan fingerprint density at radius 1 is 1.21 bits per heavy atom. The van der Waals surface area contributed by atoms with Gasteiger partial charge in [0.2, 0.25) is 5.95 Å². The van der Waals surface area contributed by atoms with E-state index in [0.29, 0.717) is 53.1 Å². The van der Waals surface area contributed by atoms with E-state index in [1.54, 1.807) is 25.0 Å². The van der Waals surface area contributed by atoms with Crippen LogP contribution in [0.1, 0.15) is 30.8 Å². The van der Waals surface area contributed by atoms with Crippen molar-refractivity contribution in [3.8, 4) is 11.5 Å². The molecule has 1 amide bonds. The summed E-state index contributed by atoms with van der Waals surface area (Å²) < 4.78 is 13.8. The van der Waals surface area contributed by atoms with Crippen molar-refractivity contribution < 1.29 is 19.4 Å². The van der Waals surface area contributed by atoms with E-state index >= 15 is 0 Å². The number of hydrogen-bond acceptors (Lipinski definition) is 7. The predicted octanol–water partition coefficient (Wildman–Crippen LogP) is 3.75. The smallest absolute Gasteiger partial charge is 0.255 e. The van der Waals surface area contributed by atoms with Gasteiger partial charge in [0.15, 0.2) is 5.82 Å². The van der Waals surface area contributed by atoms with Gasteiger partial charge in [0.05, 0.1) is 19.8 Å². The molecule has 0 unspecified atom stereocenters. The van der Waals surface area contributed by atoms with Crippen LogP contribution in [-0.2, 0) is 11.2 Å². The molecule has 0 fully saturated rings. The lowest BCUT2D eigenvalue weighted by molar-refractivity contribution is -0.113. The van der Waals surface area contributed by atoms with E-state index in [1.165, 1.54) is 0 Å². The molecule has 10 heteroatoms. The molecule has 0 saturated carbocycles. The second-order valence-electron chi connectivity index (χ2n) is 7.76. The van der Waals surface area contributed by atoms with Gasteiger partial charge >= 0.3 is 0 Å². The third-order valence-electron chi connectivity index (χ3n) is 5.54. The number of hydrogen-bond donors (Lipinski definition) is 3. The summed E-state index contributed by atoms with van der Waals surface area (Å²) in [5.41, 5.74) is 2.60. The largest absolute Gasteiger partial charge is 0.497 e. The molecule has 0 bridgehead atoms. The zero-order chi connectivity index (χ0) is 24.2. The van der Waals surface area contributed by atoms with Gasteiger partial charge in [-0.1, -0.05) is 0 Å². The van der Waals surface area contributed by atoms with Crippen LogP contribution in [0.2, 0.25) is 0 Å². The number of nitrogens with one attached hydrogen (secondary N) is 2. The number of allylic oxidation sites excluding steroid dienone is 1. The normalized spacial score (nSPS) is 14.9. The highest BCUT2D eigenvalue weighted by Crippen LogP contribution is 2.40. The Morgan fingerprint density at radius 3 is 2.65 bits per heavy atom. The minimum Gasteiger partial charge on any atom is -0.497 e. The van der Waals surface area contributed by atoms with Crippen LogP contribution in [-0.4, -0.2) is 46.6 Å². The average molecular weight is 575 g/mol. The Bertz CT molecular complexity index is 1220. The summed E-state index contributed by atoms with van der Waals surface area (Å²) in [5.74, 6) is 2.06. The first-order valence-corrected chi connectivity index (χ1v) is 11.9. The monoisotopic (exact) mass is 575 g/mol. The Labute approximate surface area is 211 Å². The number of carbonyl (C=O) groups is 1. The molecule has 34 heavy (non-hydrogen) atoms. The number of benzene rings is 2. The summed E-state index contributed by atoms with van der Waals surface area (Å²) in [6, 6.07) is 12.5. The highest BCUT2D eigenvalue weighted by Gasteiger charge is 2.36. The number of anilines is 2. The van der Waals surface area contributed by atoms with E-state index in [2.05, 4.69) is 43.3 Å². The van der Waals surface area contributed by atoms with Crippen LogP contribution >= 0.6 is 22.6 Å². The van der Waals surface area contributed by atoms with Crippen LogP contribution in [0.5, 0.6) is 11.5 Å². The standard InChI is InChI=1S/C24H26IN5O4/c1-14-21(23(32)27-16-8-6-15(25)7-9-16)22(18-11-10-17(33-2)13-19(18)34-3)30-24(26-14)28-20(29-30)5-4-12-31/h6-11,13,22,31H,4-5,12H2,1-3H3,(H,27,32)(H,26,28,29)/t22-/m0/s1. The Hall–Kier alpha value is -3.12. The molecule has 1 atom stereocenters. The molecule has 1 aromatic heterocycles. The summed E-state index contributed by atoms with van der Waals surface area (Å²) in [6.45, 7) is 1.89. The van der Waals surface area contributed by atoms with Crippen molar-refractivity contribution in [3.63, 3.8) is 0 Å². The van der Waals surface area contributed by atoms with Gasteiger partial charge in [0.1, 0.15) is 17.5 Å². The Balaban J connectivity index is 1.81. The van der Waals surface area contributed by atoms with E-state index in [-0.39, 0.29) is 12.5 Å². The molecular formula is C24H26IN5O4. The van der Waals surface area contributed by atoms with Crippen molar-refractivity contribution in [1.82, 2.24) is 14.8 Å². The summed E-state index contributed by atoms with van der Waals surface area (Å²) in [7, 11) is 3.17. The molecule has 3 N–H and O–H groups in total. The summed E-state index contributed by atoms with van der Waals surface area (Å²) in [5, 5.41) is 20.1. The molecule has 1 aliphatic rings. The molecule has 4 rings (SSSR count). The number of fused-ring (bicyclic) bond motifs is 1. The van der Waals surface area contributed by atoms with Gasteiger partial charge in [-0.25, -0.2) is 4.68 Å². The van der Waals surface area contributed by atoms with Crippen molar-refractivity contribution in [2.75, 3.05) is 31.5 Å². The molecule has 0 saturated heterocycles. The van der Waals surface area contributed by atoms with Crippen LogP contribution < -0.4 is 20.1 Å². The number of rotatable bonds is 8. The van der Waals surface area contributed by atoms with Gasteiger partial charge < -0.3 is 25.2 Å². The third-order valence-corrected chi connectivity index (χ3v) is 6.26. The van der Waals surface area contributed by atoms with E-state index in [4.69, 9.17) is 9.47 Å². The van der Waals surface area contributed by atoms with Crippen LogP contribution in [0, 0.1) is 3.57 Å². The average Bonchev–Trinajstić information content (AvgIpc) is 3.25. The van der Waals surface area contributed by atoms with Crippen LogP contribution in [0.3, 0.4) is 0 Å². The van der Waals surface area contributed by atoms with Crippen molar-refractivity contribution in [2.45, 2.75) is 25.8 Å². The number of aromatic nitrogens is 3. The van der Waals surface area contributed by atoms with Crippen LogP contribution in [0.25, 0.3) is 0 Å². The van der Waals surface area contributed by atoms with Crippen molar-refractivity contribution in [2.24, 2.45) is 0 Å². The number of aliphatic hydroxyl groups excluding tert-OH is 1. The lowest BCUT2D eigenvalue weighted by atomic mass is 9.94. The lowest BCUT2D eigenvalue weighted by Crippen LogP contribution is -2.31. The number of carbonyl (C=O) groups excluding carboxylic acids is 1. The Kier molecular flexibility index (Phi) is 7.37. The van der Waals surface area contributed by atoms with Crippen molar-refractivity contribution in [3.05, 3.63) is 68.7 Å². The zero-order valence-corrected chi connectivity index (χ0v) is 21.3. The second-order valence-corrected chi connectivity index (χ2v) is 9.00. The second kappa shape index (κ2) is 10.4. The first kappa shape index (κ1) is 24.0. The number of aliphatic hydroxyl groups is 1. The number of halogens is 1. The van der Waals surface area contributed by atoms with E-state index in [9.17, 15) is 9.90 Å². The number of methoxy groups -OCH3 is 2. The molecule has 0 spiro atoms. The molecular weight excluding hydrogens is 549 g/mol. The van der Waals surface area contributed by atoms with E-state index in [0.717, 1.165) is 9.13 Å². The summed E-state index contributed by atoms with van der Waals surface area (Å²) >= 11 is 2.22. The van der Waals surface area contributed by atoms with Gasteiger partial charge in [-0.15, -0.1) is 0 Å². The molecule has 0 radical (unpaired) electrons. The van der Waals surface area contributed by atoms with E-state index in [1.807, 2.05) is 43.3 Å². The summed E-state index contributed by atoms with van der Waals surface area (Å²) in [6.07, 6.45) is 1.07. The third kappa shape index (κ3) is 4.87. The maximum atomic E-state index is 13.6. The molecule has 0 aliphatic carbocycles. The topological polar surface area (TPSA) is 111 Å². The molecule has 9 nitrogen and oxygen atoms in total. The fourth-order valence-electron chi connectivity index (χ4n) is 3.90. The zero-order valence-electron chi connectivity index (χ0n) is 19.1. The minimum atomic E-state index is -0.587. The van der Waals surface area contributed by atoms with Crippen LogP contribution in [0.4, 0.5) is 11.6 Å². The van der Waals surface area contributed by atoms with Gasteiger partial charge in [0.25, 0.3) is 5.91 Å². The van der Waals surface area contributed by atoms with Crippen LogP contribution in [0.15, 0.2) is 53.7 Å².